The van der Waals surface area contributed by atoms with Crippen LogP contribution in [-0.4, -0.2) is 56.9 Å². The third-order valence-electron chi connectivity index (χ3n) is 5.53. The van der Waals surface area contributed by atoms with E-state index in [1.807, 2.05) is 54.3 Å². The Bertz CT molecular complexity index is 972. The first kappa shape index (κ1) is 16.0. The molecule has 2 aromatic heterocycles. The van der Waals surface area contributed by atoms with Crippen molar-refractivity contribution in [3.8, 4) is 0 Å². The molecule has 1 aromatic carbocycles. The van der Waals surface area contributed by atoms with Crippen LogP contribution >= 0.6 is 0 Å². The second kappa shape index (κ2) is 6.22. The van der Waals surface area contributed by atoms with Crippen LogP contribution in [0.2, 0.25) is 0 Å². The maximum absolute atomic E-state index is 12.5. The quantitative estimate of drug-likeness (QED) is 0.754. The topological polar surface area (TPSA) is 78.7 Å². The molecular weight excluding hydrogens is 342 g/mol. The van der Waals surface area contributed by atoms with Gasteiger partial charge in [0.15, 0.2) is 11.5 Å². The van der Waals surface area contributed by atoms with E-state index in [9.17, 15) is 4.79 Å². The van der Waals surface area contributed by atoms with E-state index in [0.717, 1.165) is 49.2 Å². The summed E-state index contributed by atoms with van der Waals surface area (Å²) in [5.74, 6) is 2.69. The van der Waals surface area contributed by atoms with Gasteiger partial charge in [0, 0.05) is 43.7 Å². The van der Waals surface area contributed by atoms with Gasteiger partial charge < -0.3 is 15.1 Å². The smallest absolute Gasteiger partial charge is 0.321 e. The Balaban J connectivity index is 1.25. The molecule has 2 amide bonds. The maximum atomic E-state index is 12.5. The molecule has 138 valence electrons. The minimum absolute atomic E-state index is 0.0122. The predicted octanol–water partition coefficient (Wildman–Crippen LogP) is 2.03. The van der Waals surface area contributed by atoms with Gasteiger partial charge in [0.05, 0.1) is 0 Å². The molecule has 0 aliphatic carbocycles. The number of para-hydroxylation sites is 1. The summed E-state index contributed by atoms with van der Waals surface area (Å²) in [6, 6.07) is 13.6. The van der Waals surface area contributed by atoms with Crippen LogP contribution in [0.15, 0.2) is 42.5 Å². The Kier molecular flexibility index (Phi) is 3.70. The van der Waals surface area contributed by atoms with Crippen LogP contribution in [0.4, 0.5) is 16.3 Å². The van der Waals surface area contributed by atoms with Crippen LogP contribution in [0.1, 0.15) is 5.82 Å². The number of nitrogens with one attached hydrogen (secondary N) is 1. The number of aryl methyl sites for hydroxylation is 1. The highest BCUT2D eigenvalue weighted by Crippen LogP contribution is 2.33. The molecule has 2 unspecified atom stereocenters. The number of amides is 2. The fourth-order valence-corrected chi connectivity index (χ4v) is 4.13. The number of nitrogens with zero attached hydrogens (tertiary/aromatic N) is 6. The summed E-state index contributed by atoms with van der Waals surface area (Å²) in [5, 5.41) is 15.8. The van der Waals surface area contributed by atoms with Crippen molar-refractivity contribution in [3.05, 3.63) is 48.3 Å². The van der Waals surface area contributed by atoms with E-state index in [4.69, 9.17) is 0 Å². The molecule has 0 bridgehead atoms. The van der Waals surface area contributed by atoms with Gasteiger partial charge in [-0.15, -0.1) is 15.3 Å². The molecule has 2 aliphatic rings. The van der Waals surface area contributed by atoms with Gasteiger partial charge in [0.2, 0.25) is 0 Å². The third kappa shape index (κ3) is 2.87. The second-order valence-electron chi connectivity index (χ2n) is 7.34. The Hall–Kier alpha value is -3.16. The lowest BCUT2D eigenvalue weighted by Crippen LogP contribution is -2.36. The number of likely N-dealkylation sites (tertiary alicyclic amines) is 1. The van der Waals surface area contributed by atoms with Crippen molar-refractivity contribution in [2.24, 2.45) is 11.8 Å². The number of fused-ring (bicyclic) bond motifs is 2. The number of hydrogen-bond donors (Lipinski definition) is 1. The van der Waals surface area contributed by atoms with Crippen molar-refractivity contribution in [3.63, 3.8) is 0 Å². The molecule has 8 heteroatoms. The van der Waals surface area contributed by atoms with Crippen LogP contribution in [0.3, 0.4) is 0 Å². The molecule has 4 heterocycles. The Labute approximate surface area is 156 Å². The lowest BCUT2D eigenvalue weighted by Gasteiger charge is -2.22. The number of urea groups is 1. The molecule has 3 aromatic rings. The van der Waals surface area contributed by atoms with E-state index in [1.165, 1.54) is 0 Å². The van der Waals surface area contributed by atoms with Crippen molar-refractivity contribution in [1.29, 1.82) is 0 Å². The van der Waals surface area contributed by atoms with Crippen LogP contribution < -0.4 is 10.2 Å². The first-order valence-corrected chi connectivity index (χ1v) is 9.22. The average Bonchev–Trinajstić information content (AvgIpc) is 3.36. The van der Waals surface area contributed by atoms with Gasteiger partial charge in [-0.2, -0.15) is 4.52 Å². The summed E-state index contributed by atoms with van der Waals surface area (Å²) in [6.07, 6.45) is 0. The summed E-state index contributed by atoms with van der Waals surface area (Å²) in [4.78, 5) is 16.8. The van der Waals surface area contributed by atoms with Crippen molar-refractivity contribution < 1.29 is 4.79 Å². The minimum Gasteiger partial charge on any atom is -0.354 e. The molecule has 5 rings (SSSR count). The molecule has 2 aliphatic heterocycles. The minimum atomic E-state index is -0.0122. The van der Waals surface area contributed by atoms with E-state index in [0.29, 0.717) is 11.8 Å². The Morgan fingerprint density at radius 3 is 2.48 bits per heavy atom. The number of carbonyl (C=O) groups excluding carboxylic acids is 1. The maximum Gasteiger partial charge on any atom is 0.321 e. The number of aromatic nitrogens is 4. The molecule has 1 N–H and O–H groups in total. The highest BCUT2D eigenvalue weighted by Gasteiger charge is 2.42. The van der Waals surface area contributed by atoms with Crippen molar-refractivity contribution >= 4 is 23.2 Å². The lowest BCUT2D eigenvalue weighted by atomic mass is 10.0. The van der Waals surface area contributed by atoms with E-state index < -0.39 is 0 Å². The highest BCUT2D eigenvalue weighted by molar-refractivity contribution is 5.89. The normalized spacial score (nSPS) is 21.7. The van der Waals surface area contributed by atoms with E-state index in [2.05, 4.69) is 25.5 Å². The number of carbonyl (C=O) groups is 1. The fourth-order valence-electron chi connectivity index (χ4n) is 4.13. The molecule has 0 saturated carbocycles. The lowest BCUT2D eigenvalue weighted by molar-refractivity contribution is 0.219. The fraction of sp³-hybridized carbons (Fsp3) is 0.368. The van der Waals surface area contributed by atoms with Crippen LogP contribution in [0.5, 0.6) is 0 Å². The van der Waals surface area contributed by atoms with Crippen LogP contribution in [0, 0.1) is 18.8 Å². The van der Waals surface area contributed by atoms with Gasteiger partial charge in [0.1, 0.15) is 5.82 Å². The number of anilines is 2. The van der Waals surface area contributed by atoms with E-state index in [1.54, 1.807) is 4.52 Å². The van der Waals surface area contributed by atoms with Crippen LogP contribution in [-0.2, 0) is 0 Å². The molecule has 2 fully saturated rings. The van der Waals surface area contributed by atoms with Gasteiger partial charge in [-0.05, 0) is 31.2 Å². The Morgan fingerprint density at radius 2 is 1.74 bits per heavy atom. The summed E-state index contributed by atoms with van der Waals surface area (Å²) >= 11 is 0. The average molecular weight is 363 g/mol. The first-order chi connectivity index (χ1) is 13.2. The SMILES string of the molecule is Cc1nnc2ccc(N3CC4CN(C(=O)Nc5ccccc5)CC4C3)nn12. The second-order valence-corrected chi connectivity index (χ2v) is 7.34. The zero-order valence-corrected chi connectivity index (χ0v) is 15.1. The van der Waals surface area contributed by atoms with Crippen molar-refractivity contribution in [2.45, 2.75) is 6.92 Å². The molecule has 2 saturated heterocycles. The van der Waals surface area contributed by atoms with Crippen LogP contribution in [0.25, 0.3) is 5.65 Å². The van der Waals surface area contributed by atoms with E-state index >= 15 is 0 Å². The molecule has 0 radical (unpaired) electrons. The zero-order chi connectivity index (χ0) is 18.4. The summed E-state index contributed by atoms with van der Waals surface area (Å²) in [7, 11) is 0. The van der Waals surface area contributed by atoms with Gasteiger partial charge in [-0.3, -0.25) is 0 Å². The predicted molar refractivity (Wildman–Crippen MR) is 102 cm³/mol. The zero-order valence-electron chi connectivity index (χ0n) is 15.1. The molecule has 27 heavy (non-hydrogen) atoms. The Morgan fingerprint density at radius 1 is 1.00 bits per heavy atom. The van der Waals surface area contributed by atoms with Crippen molar-refractivity contribution in [2.75, 3.05) is 36.4 Å². The molecule has 8 nitrogen and oxygen atoms in total. The first-order valence-electron chi connectivity index (χ1n) is 9.22. The molecule has 0 spiro atoms. The number of hydrogen-bond acceptors (Lipinski definition) is 5. The highest BCUT2D eigenvalue weighted by atomic mass is 16.2. The van der Waals surface area contributed by atoms with E-state index in [-0.39, 0.29) is 6.03 Å². The number of benzene rings is 1. The number of rotatable bonds is 2. The van der Waals surface area contributed by atoms with Gasteiger partial charge >= 0.3 is 6.03 Å². The third-order valence-corrected chi connectivity index (χ3v) is 5.53. The largest absolute Gasteiger partial charge is 0.354 e. The summed E-state index contributed by atoms with van der Waals surface area (Å²) < 4.78 is 1.78. The molecular formula is C19H21N7O. The van der Waals surface area contributed by atoms with Gasteiger partial charge in [-0.25, -0.2) is 4.79 Å². The standard InChI is InChI=1S/C19H21N7O/c1-13-21-22-17-7-8-18(23-26(13)17)24-9-14-11-25(12-15(14)10-24)19(27)20-16-5-3-2-4-6-16/h2-8,14-15H,9-12H2,1H3,(H,20,27). The van der Waals surface area contributed by atoms with Crippen molar-refractivity contribution in [1.82, 2.24) is 24.7 Å². The monoisotopic (exact) mass is 363 g/mol. The summed E-state index contributed by atoms with van der Waals surface area (Å²) in [6.45, 7) is 5.30. The summed E-state index contributed by atoms with van der Waals surface area (Å²) in [5.41, 5.74) is 1.60. The van der Waals surface area contributed by atoms with Gasteiger partial charge in [0.25, 0.3) is 0 Å². The van der Waals surface area contributed by atoms with Gasteiger partial charge in [-0.1, -0.05) is 18.2 Å². The molecule has 2 atom stereocenters.